The van der Waals surface area contributed by atoms with Crippen LogP contribution in [-0.2, 0) is 4.79 Å². The molecule has 0 heterocycles. The number of ether oxygens (including phenoxy) is 1. The van der Waals surface area contributed by atoms with E-state index in [4.69, 9.17) is 9.84 Å². The number of hydrogen-bond donors (Lipinski definition) is 1. The molecule has 5 nitrogen and oxygen atoms in total. The average Bonchev–Trinajstić information content (AvgIpc) is 2.73. The summed E-state index contributed by atoms with van der Waals surface area (Å²) in [4.78, 5) is 27.0. The molecule has 0 bridgehead atoms. The Kier molecular flexibility index (Phi) is 6.10. The number of rotatable bonds is 6. The highest BCUT2D eigenvalue weighted by Gasteiger charge is 2.02. The van der Waals surface area contributed by atoms with Gasteiger partial charge in [-0.2, -0.15) is 0 Å². The van der Waals surface area contributed by atoms with Crippen molar-refractivity contribution in [2.24, 2.45) is 4.99 Å². The number of nitrogens with zero attached hydrogens (tertiary/aromatic N) is 1. The fourth-order valence-corrected chi connectivity index (χ4v) is 2.34. The Balaban J connectivity index is 1.57. The molecule has 0 aliphatic heterocycles. The smallest absolute Gasteiger partial charge is 0.336 e. The molecule has 0 saturated carbocycles. The number of carbonyl (C=O) groups excluding carboxylic acids is 1. The quantitative estimate of drug-likeness (QED) is 0.293. The lowest BCUT2D eigenvalue weighted by molar-refractivity contribution is -0.128. The van der Waals surface area contributed by atoms with E-state index in [9.17, 15) is 9.59 Å². The van der Waals surface area contributed by atoms with Gasteiger partial charge in [-0.05, 0) is 65.7 Å². The van der Waals surface area contributed by atoms with Gasteiger partial charge in [-0.3, -0.25) is 4.99 Å². The predicted octanol–water partition coefficient (Wildman–Crippen LogP) is 4.75. The maximum Gasteiger partial charge on any atom is 0.336 e. The van der Waals surface area contributed by atoms with Crippen LogP contribution in [0.15, 0.2) is 89.9 Å². The molecule has 1 N–H and O–H groups in total. The Morgan fingerprint density at radius 3 is 2.14 bits per heavy atom. The summed E-state index contributed by atoms with van der Waals surface area (Å²) < 4.78 is 5.26. The van der Waals surface area contributed by atoms with E-state index < -0.39 is 11.9 Å². The third kappa shape index (κ3) is 5.51. The van der Waals surface area contributed by atoms with Gasteiger partial charge in [-0.25, -0.2) is 9.59 Å². The molecular formula is C23H17NO4. The molecule has 0 spiro atoms. The third-order valence-electron chi connectivity index (χ3n) is 3.79. The SMILES string of the molecule is O=C(C=Cc1ccccc1)Oc1ccc(/C=N/c2ccc(C(=O)O)cc2)cc1. The van der Waals surface area contributed by atoms with E-state index >= 15 is 0 Å². The van der Waals surface area contributed by atoms with Gasteiger partial charge in [0.05, 0.1) is 11.3 Å². The molecule has 138 valence electrons. The van der Waals surface area contributed by atoms with Crippen molar-refractivity contribution in [2.45, 2.75) is 0 Å². The molecule has 0 unspecified atom stereocenters. The zero-order chi connectivity index (χ0) is 19.8. The highest BCUT2D eigenvalue weighted by atomic mass is 16.5. The molecule has 0 fully saturated rings. The lowest BCUT2D eigenvalue weighted by Gasteiger charge is -2.02. The molecular weight excluding hydrogens is 354 g/mol. The standard InChI is InChI=1S/C23H17NO4/c25-22(15-8-17-4-2-1-3-5-17)28-21-13-6-18(7-14-21)16-24-20-11-9-19(10-12-20)23(26)27/h1-16H,(H,26,27)/b15-8?,24-16+. The zero-order valence-corrected chi connectivity index (χ0v) is 14.9. The summed E-state index contributed by atoms with van der Waals surface area (Å²) in [6.07, 6.45) is 4.72. The second kappa shape index (κ2) is 9.09. The van der Waals surface area contributed by atoms with Gasteiger partial charge in [-0.15, -0.1) is 0 Å². The predicted molar refractivity (Wildman–Crippen MR) is 108 cm³/mol. The van der Waals surface area contributed by atoms with Gasteiger partial charge >= 0.3 is 11.9 Å². The zero-order valence-electron chi connectivity index (χ0n) is 14.9. The van der Waals surface area contributed by atoms with Crippen molar-refractivity contribution in [1.29, 1.82) is 0 Å². The van der Waals surface area contributed by atoms with Gasteiger partial charge in [-0.1, -0.05) is 30.3 Å². The minimum atomic E-state index is -0.973. The molecule has 3 aromatic carbocycles. The Morgan fingerprint density at radius 1 is 0.821 bits per heavy atom. The molecule has 5 heteroatoms. The van der Waals surface area contributed by atoms with Crippen molar-refractivity contribution >= 4 is 29.9 Å². The van der Waals surface area contributed by atoms with Gasteiger partial charge in [0.2, 0.25) is 0 Å². The van der Waals surface area contributed by atoms with Crippen LogP contribution in [0.3, 0.4) is 0 Å². The second-order valence-electron chi connectivity index (χ2n) is 5.84. The summed E-state index contributed by atoms with van der Waals surface area (Å²) in [7, 11) is 0. The Bertz CT molecular complexity index is 1000. The molecule has 0 saturated heterocycles. The van der Waals surface area contributed by atoms with Crippen LogP contribution in [0.4, 0.5) is 5.69 Å². The summed E-state index contributed by atoms with van der Waals surface area (Å²) in [5.41, 5.74) is 2.60. The van der Waals surface area contributed by atoms with Crippen molar-refractivity contribution in [2.75, 3.05) is 0 Å². The first-order valence-electron chi connectivity index (χ1n) is 8.52. The molecule has 0 aliphatic rings. The van der Waals surface area contributed by atoms with E-state index in [1.54, 1.807) is 48.7 Å². The van der Waals surface area contributed by atoms with Crippen LogP contribution >= 0.6 is 0 Å². The Labute approximate surface area is 162 Å². The van der Waals surface area contributed by atoms with Crippen LogP contribution in [0, 0.1) is 0 Å². The summed E-state index contributed by atoms with van der Waals surface area (Å²) in [5.74, 6) is -0.992. The van der Waals surface area contributed by atoms with E-state index in [1.165, 1.54) is 18.2 Å². The molecule has 0 aliphatic carbocycles. The van der Waals surface area contributed by atoms with E-state index in [2.05, 4.69) is 4.99 Å². The van der Waals surface area contributed by atoms with Crippen molar-refractivity contribution in [3.63, 3.8) is 0 Å². The number of esters is 1. The normalized spacial score (nSPS) is 11.0. The maximum absolute atomic E-state index is 11.9. The Morgan fingerprint density at radius 2 is 1.50 bits per heavy atom. The van der Waals surface area contributed by atoms with Gasteiger partial charge in [0.15, 0.2) is 0 Å². The first-order chi connectivity index (χ1) is 13.6. The Hall–Kier alpha value is -3.99. The third-order valence-corrected chi connectivity index (χ3v) is 3.79. The lowest BCUT2D eigenvalue weighted by atomic mass is 10.2. The molecule has 0 amide bonds. The number of hydrogen-bond acceptors (Lipinski definition) is 4. The van der Waals surface area contributed by atoms with Gasteiger partial charge in [0.1, 0.15) is 5.75 Å². The fraction of sp³-hybridized carbons (Fsp3) is 0. The van der Waals surface area contributed by atoms with Crippen LogP contribution in [0.5, 0.6) is 5.75 Å². The van der Waals surface area contributed by atoms with E-state index in [0.29, 0.717) is 11.4 Å². The molecule has 0 aromatic heterocycles. The largest absolute Gasteiger partial charge is 0.478 e. The summed E-state index contributed by atoms with van der Waals surface area (Å²) in [6.45, 7) is 0. The lowest BCUT2D eigenvalue weighted by Crippen LogP contribution is -2.03. The number of aliphatic imine (C=N–C) groups is 1. The van der Waals surface area contributed by atoms with Crippen LogP contribution in [-0.4, -0.2) is 23.3 Å². The average molecular weight is 371 g/mol. The summed E-state index contributed by atoms with van der Waals surface area (Å²) in [5, 5.41) is 8.89. The highest BCUT2D eigenvalue weighted by Crippen LogP contribution is 2.15. The maximum atomic E-state index is 11.9. The number of carbonyl (C=O) groups is 2. The molecule has 0 radical (unpaired) electrons. The number of carboxylic acids is 1. The van der Waals surface area contributed by atoms with Crippen molar-refractivity contribution in [1.82, 2.24) is 0 Å². The minimum Gasteiger partial charge on any atom is -0.478 e. The first kappa shape index (κ1) is 18.8. The van der Waals surface area contributed by atoms with Crippen molar-refractivity contribution < 1.29 is 19.4 Å². The van der Waals surface area contributed by atoms with Crippen LogP contribution in [0.25, 0.3) is 6.08 Å². The molecule has 28 heavy (non-hydrogen) atoms. The van der Waals surface area contributed by atoms with E-state index in [1.807, 2.05) is 30.3 Å². The van der Waals surface area contributed by atoms with E-state index in [0.717, 1.165) is 11.1 Å². The minimum absolute atomic E-state index is 0.214. The molecule has 0 atom stereocenters. The molecule has 3 aromatic rings. The molecule has 3 rings (SSSR count). The van der Waals surface area contributed by atoms with E-state index in [-0.39, 0.29) is 5.56 Å². The highest BCUT2D eigenvalue weighted by molar-refractivity contribution is 5.89. The second-order valence-corrected chi connectivity index (χ2v) is 5.84. The summed E-state index contributed by atoms with van der Waals surface area (Å²) >= 11 is 0. The van der Waals surface area contributed by atoms with Crippen LogP contribution in [0.1, 0.15) is 21.5 Å². The first-order valence-corrected chi connectivity index (χ1v) is 8.52. The van der Waals surface area contributed by atoms with Gasteiger partial charge in [0, 0.05) is 12.3 Å². The number of carboxylic acid groups (broad SMARTS) is 1. The van der Waals surface area contributed by atoms with Crippen LogP contribution in [0.2, 0.25) is 0 Å². The summed E-state index contributed by atoms with van der Waals surface area (Å²) in [6, 6.07) is 22.7. The van der Waals surface area contributed by atoms with Crippen LogP contribution < -0.4 is 4.74 Å². The number of benzene rings is 3. The fourth-order valence-electron chi connectivity index (χ4n) is 2.34. The van der Waals surface area contributed by atoms with Gasteiger partial charge in [0.25, 0.3) is 0 Å². The van der Waals surface area contributed by atoms with Gasteiger partial charge < -0.3 is 9.84 Å². The monoisotopic (exact) mass is 371 g/mol. The topological polar surface area (TPSA) is 76.0 Å². The number of aromatic carboxylic acids is 1. The van der Waals surface area contributed by atoms with Crippen molar-refractivity contribution in [3.05, 3.63) is 102 Å². The van der Waals surface area contributed by atoms with Crippen molar-refractivity contribution in [3.8, 4) is 5.75 Å².